The monoisotopic (exact) mass is 712 g/mol. The van der Waals surface area contributed by atoms with Gasteiger partial charge in [-0.25, -0.2) is 4.79 Å². The highest BCUT2D eigenvalue weighted by atomic mass is 32.3. The molecule has 280 valence electrons. The molecule has 2 heterocycles. The Bertz CT molecular complexity index is 1250. The Hall–Kier alpha value is -2.88. The van der Waals surface area contributed by atoms with Gasteiger partial charge in [-0.05, 0) is 46.1 Å². The van der Waals surface area contributed by atoms with Crippen LogP contribution in [0.5, 0.6) is 0 Å². The Morgan fingerprint density at radius 2 is 1.67 bits per heavy atom. The van der Waals surface area contributed by atoms with E-state index in [1.54, 1.807) is 0 Å². The van der Waals surface area contributed by atoms with E-state index in [9.17, 15) is 32.7 Å². The zero-order valence-electron chi connectivity index (χ0n) is 31.0. The summed E-state index contributed by atoms with van der Waals surface area (Å²) in [6.45, 7) is 22.0. The van der Waals surface area contributed by atoms with E-state index in [-0.39, 0.29) is 37.9 Å². The van der Waals surface area contributed by atoms with Crippen molar-refractivity contribution < 1.29 is 32.7 Å². The number of carbonyl (C=O) groups excluding carboxylic acids is 5. The average Bonchev–Trinajstić information content (AvgIpc) is 3.45. The van der Waals surface area contributed by atoms with Crippen LogP contribution in [0, 0.1) is 22.7 Å². The van der Waals surface area contributed by atoms with Gasteiger partial charge in [0, 0.05) is 19.6 Å². The highest BCUT2D eigenvalue weighted by Gasteiger charge is 2.48. The fraction of sp³-hybridized carbons (Fsp3) is 0.794. The number of nitrogens with one attached hydrogen (secondary N) is 5. The summed E-state index contributed by atoms with van der Waals surface area (Å²) in [5.74, 6) is -2.70. The third kappa shape index (κ3) is 11.9. The first-order valence-electron chi connectivity index (χ1n) is 17.5. The van der Waals surface area contributed by atoms with E-state index < -0.39 is 75.1 Å². The molecular formula is C34H62N7O7S+. The van der Waals surface area contributed by atoms with Crippen LogP contribution in [0.4, 0.5) is 4.79 Å². The van der Waals surface area contributed by atoms with Crippen molar-refractivity contribution >= 4 is 40.1 Å². The number of amides is 5. The molecule has 2 saturated heterocycles. The van der Waals surface area contributed by atoms with Crippen LogP contribution < -0.4 is 26.0 Å². The van der Waals surface area contributed by atoms with E-state index in [2.05, 4.69) is 32.6 Å². The average molecular weight is 713 g/mol. The Morgan fingerprint density at radius 3 is 2.20 bits per heavy atom. The van der Waals surface area contributed by atoms with Crippen molar-refractivity contribution in [2.24, 2.45) is 22.7 Å². The van der Waals surface area contributed by atoms with Crippen LogP contribution in [-0.4, -0.2) is 100 Å². The molecule has 5 amide bonds. The van der Waals surface area contributed by atoms with Crippen LogP contribution in [0.3, 0.4) is 0 Å². The molecule has 2 aliphatic heterocycles. The second-order valence-electron chi connectivity index (χ2n) is 15.7. The summed E-state index contributed by atoms with van der Waals surface area (Å²) in [5, 5.41) is 11.1. The molecule has 49 heavy (non-hydrogen) atoms. The van der Waals surface area contributed by atoms with Gasteiger partial charge in [0.1, 0.15) is 12.1 Å². The number of Topliss-reactive ketones (excluding diaryl/α,β-unsaturated/α-hetero) is 1. The van der Waals surface area contributed by atoms with Crippen molar-refractivity contribution in [2.45, 2.75) is 119 Å². The molecule has 15 heteroatoms. The lowest BCUT2D eigenvalue weighted by molar-refractivity contribution is -0.144. The first kappa shape index (κ1) is 42.3. The van der Waals surface area contributed by atoms with Crippen LogP contribution in [0.2, 0.25) is 0 Å². The van der Waals surface area contributed by atoms with Gasteiger partial charge in [-0.2, -0.15) is 4.55 Å². The molecule has 0 aromatic heterocycles. The molecular weight excluding hydrogens is 650 g/mol. The van der Waals surface area contributed by atoms with Crippen LogP contribution in [0.15, 0.2) is 12.7 Å². The predicted molar refractivity (Wildman–Crippen MR) is 191 cm³/mol. The van der Waals surface area contributed by atoms with Gasteiger partial charge in [-0.1, -0.05) is 90.3 Å². The minimum Gasteiger partial charge on any atom is -0.346 e. The number of nitrogens with zero attached hydrogens (tertiary/aromatic N) is 2. The van der Waals surface area contributed by atoms with Gasteiger partial charge in [0.15, 0.2) is 0 Å². The molecule has 0 aromatic carbocycles. The number of urea groups is 1. The number of ketones is 1. The van der Waals surface area contributed by atoms with Crippen molar-refractivity contribution in [3.8, 4) is 0 Å². The van der Waals surface area contributed by atoms with Gasteiger partial charge < -0.3 is 26.2 Å². The fourth-order valence-corrected chi connectivity index (χ4v) is 7.52. The van der Waals surface area contributed by atoms with Crippen molar-refractivity contribution in [3.63, 3.8) is 0 Å². The van der Waals surface area contributed by atoms with E-state index in [1.807, 2.05) is 62.3 Å². The number of rotatable bonds is 15. The summed E-state index contributed by atoms with van der Waals surface area (Å²) in [6, 6.07) is -4.16. The van der Waals surface area contributed by atoms with Crippen LogP contribution in [-0.2, 0) is 34.0 Å². The molecule has 0 aromatic rings. The highest BCUT2D eigenvalue weighted by molar-refractivity contribution is 7.93. The molecule has 2 fully saturated rings. The lowest BCUT2D eigenvalue weighted by atomic mass is 9.84. The SMILES string of the molecule is C=CCNC(=O)C(=O)C(CCCC)NC(=O)[C@@H]1[C@@H](C(C)C)CCN1C(=O)[C@@H](NC(=O)N[C@H](CN1CCCN[S+]1(=O)O)C(C)(C)C)C(C)(C)C. The number of carbonyl (C=O) groups is 5. The van der Waals surface area contributed by atoms with E-state index in [0.29, 0.717) is 32.4 Å². The summed E-state index contributed by atoms with van der Waals surface area (Å²) in [6.07, 6.45) is 4.32. The molecule has 0 spiro atoms. The number of unbranched alkanes of at least 4 members (excludes halogenated alkanes) is 1. The first-order chi connectivity index (χ1) is 22.6. The third-order valence-corrected chi connectivity index (χ3v) is 10.9. The maximum Gasteiger partial charge on any atom is 0.372 e. The Morgan fingerprint density at radius 1 is 1.02 bits per heavy atom. The summed E-state index contributed by atoms with van der Waals surface area (Å²) in [5.41, 5.74) is -1.26. The Kier molecular flexibility index (Phi) is 15.4. The molecule has 2 aliphatic rings. The minimum absolute atomic E-state index is 0.0252. The third-order valence-electron chi connectivity index (χ3n) is 9.31. The normalized spacial score (nSPS) is 23.7. The summed E-state index contributed by atoms with van der Waals surface area (Å²) in [7, 11) is -3.43. The molecule has 6 atom stereocenters. The molecule has 0 aliphatic carbocycles. The molecule has 0 saturated carbocycles. The molecule has 2 rings (SSSR count). The number of likely N-dealkylation sites (tertiary alicyclic amines) is 1. The van der Waals surface area contributed by atoms with E-state index >= 15 is 0 Å². The van der Waals surface area contributed by atoms with Crippen LogP contribution >= 0.6 is 0 Å². The van der Waals surface area contributed by atoms with Gasteiger partial charge in [-0.3, -0.25) is 19.2 Å². The molecule has 2 unspecified atom stereocenters. The van der Waals surface area contributed by atoms with Crippen molar-refractivity contribution in [1.82, 2.24) is 35.2 Å². The van der Waals surface area contributed by atoms with Gasteiger partial charge in [-0.15, -0.1) is 6.58 Å². The Labute approximate surface area is 294 Å². The number of hydrogen-bond donors (Lipinski definition) is 6. The van der Waals surface area contributed by atoms with Crippen LogP contribution in [0.25, 0.3) is 0 Å². The summed E-state index contributed by atoms with van der Waals surface area (Å²) < 4.78 is 27.2. The van der Waals surface area contributed by atoms with Gasteiger partial charge >= 0.3 is 16.6 Å². The second-order valence-corrected chi connectivity index (χ2v) is 17.5. The highest BCUT2D eigenvalue weighted by Crippen LogP contribution is 2.33. The first-order valence-corrected chi connectivity index (χ1v) is 19.0. The quantitative estimate of drug-likeness (QED) is 0.0855. The van der Waals surface area contributed by atoms with Crippen molar-refractivity contribution in [2.75, 3.05) is 32.7 Å². The maximum absolute atomic E-state index is 14.4. The topological polar surface area (TPSA) is 189 Å². The maximum atomic E-state index is 14.4. The summed E-state index contributed by atoms with van der Waals surface area (Å²) >= 11 is 0. The van der Waals surface area contributed by atoms with Crippen molar-refractivity contribution in [3.05, 3.63) is 12.7 Å². The standard InChI is InChI=1S/C34H61N7O7S/c1-11-13-15-24(27(42)30(44)35-17-12-2)37-29(43)26-23(22(3)4)16-20-41(26)31(45)28(34(8,9)10)39-32(46)38-25(33(5,6)7)21-40-19-14-18-36-49(40,47)48/h12,22-26,28H,2,11,13-21H2,1,3-10H3,(H5-,35,36,37,38,39,43,44,46,47,48)/p+1/t23-,24?,25-,26+,28-/m1/s1. The van der Waals surface area contributed by atoms with Gasteiger partial charge in [0.2, 0.25) is 17.6 Å². The zero-order valence-corrected chi connectivity index (χ0v) is 31.8. The van der Waals surface area contributed by atoms with Gasteiger partial charge in [0.25, 0.3) is 5.91 Å². The molecule has 0 radical (unpaired) electrons. The lowest BCUT2D eigenvalue weighted by Crippen LogP contribution is -2.63. The van der Waals surface area contributed by atoms with E-state index in [1.165, 1.54) is 15.3 Å². The predicted octanol–water partition coefficient (Wildman–Crippen LogP) is 2.63. The summed E-state index contributed by atoms with van der Waals surface area (Å²) in [4.78, 5) is 69.1. The van der Waals surface area contributed by atoms with E-state index in [4.69, 9.17) is 0 Å². The van der Waals surface area contributed by atoms with E-state index in [0.717, 1.165) is 6.42 Å². The fourth-order valence-electron chi connectivity index (χ4n) is 6.19. The molecule has 14 nitrogen and oxygen atoms in total. The zero-order chi connectivity index (χ0) is 37.3. The van der Waals surface area contributed by atoms with Crippen molar-refractivity contribution in [1.29, 1.82) is 0 Å². The van der Waals surface area contributed by atoms with Crippen LogP contribution in [0.1, 0.15) is 94.4 Å². The van der Waals surface area contributed by atoms with Gasteiger partial charge in [0.05, 0.1) is 25.2 Å². The molecule has 0 bridgehead atoms. The Balaban J connectivity index is 2.34. The lowest BCUT2D eigenvalue weighted by Gasteiger charge is -2.38. The number of hydrogen-bond acceptors (Lipinski definition) is 6. The smallest absolute Gasteiger partial charge is 0.346 e. The molecule has 6 N–H and O–H groups in total. The second kappa shape index (κ2) is 17.9. The largest absolute Gasteiger partial charge is 0.372 e. The minimum atomic E-state index is -3.43.